The highest BCUT2D eigenvalue weighted by atomic mass is 16.5. The molecule has 1 aliphatic carbocycles. The zero-order valence-corrected chi connectivity index (χ0v) is 15.8. The number of hydrogen-bond acceptors (Lipinski definition) is 4. The van der Waals surface area contributed by atoms with E-state index < -0.39 is 0 Å². The van der Waals surface area contributed by atoms with Crippen molar-refractivity contribution in [3.8, 4) is 5.75 Å². The molecule has 0 bridgehead atoms. The van der Waals surface area contributed by atoms with E-state index in [-0.39, 0.29) is 48.6 Å². The molecular weight excluding hydrogens is 344 g/mol. The Kier molecular flexibility index (Phi) is 5.94. The van der Waals surface area contributed by atoms with Gasteiger partial charge in [0.1, 0.15) is 5.75 Å². The van der Waals surface area contributed by atoms with Crippen LogP contribution in [0.15, 0.2) is 36.4 Å². The number of fused-ring (bicyclic) bond motifs is 1. The molecule has 0 aromatic heterocycles. The van der Waals surface area contributed by atoms with E-state index in [1.165, 1.54) is 4.90 Å². The number of methoxy groups -OCH3 is 1. The van der Waals surface area contributed by atoms with Gasteiger partial charge in [-0.1, -0.05) is 31.2 Å². The Hall–Kier alpha value is -2.63. The quantitative estimate of drug-likeness (QED) is 0.591. The summed E-state index contributed by atoms with van der Waals surface area (Å²) in [5.41, 5.74) is 0.997. The number of benzene rings is 1. The summed E-state index contributed by atoms with van der Waals surface area (Å²) in [6, 6.07) is 7.47. The molecule has 0 radical (unpaired) electrons. The third kappa shape index (κ3) is 4.04. The number of imide groups is 1. The highest BCUT2D eigenvalue weighted by molar-refractivity contribution is 6.05. The summed E-state index contributed by atoms with van der Waals surface area (Å²) in [4.78, 5) is 38.6. The first-order valence-corrected chi connectivity index (χ1v) is 9.48. The molecule has 0 saturated carbocycles. The summed E-state index contributed by atoms with van der Waals surface area (Å²) in [6.45, 7) is 2.15. The maximum atomic E-state index is 12.5. The standard InChI is InChI=1S/C21H26N2O4/c1-3-18(14-8-10-15(27-2)11-9-14)22-19(24)12-13-23-20(25)16-6-4-5-7-17(16)21(23)26/h4-5,8-11,16-18H,3,6-7,12-13H2,1-2H3,(H,22,24)/t16-,17+,18-/m0/s1. The van der Waals surface area contributed by atoms with Gasteiger partial charge in [-0.3, -0.25) is 19.3 Å². The Bertz CT molecular complexity index is 715. The minimum absolute atomic E-state index is 0.111. The number of allylic oxidation sites excluding steroid dienone is 2. The normalized spacial score (nSPS) is 22.5. The third-order valence-corrected chi connectivity index (χ3v) is 5.42. The number of carbonyl (C=O) groups excluding carboxylic acids is 3. The van der Waals surface area contributed by atoms with Crippen molar-refractivity contribution in [1.29, 1.82) is 0 Å². The average Bonchev–Trinajstić information content (AvgIpc) is 2.95. The van der Waals surface area contributed by atoms with E-state index in [4.69, 9.17) is 4.74 Å². The molecule has 6 nitrogen and oxygen atoms in total. The van der Waals surface area contributed by atoms with Crippen LogP contribution in [0.3, 0.4) is 0 Å². The highest BCUT2D eigenvalue weighted by Gasteiger charge is 2.46. The molecule has 144 valence electrons. The lowest BCUT2D eigenvalue weighted by atomic mass is 9.85. The van der Waals surface area contributed by atoms with Gasteiger partial charge in [-0.05, 0) is 37.0 Å². The van der Waals surface area contributed by atoms with Crippen molar-refractivity contribution in [2.24, 2.45) is 11.8 Å². The lowest BCUT2D eigenvalue weighted by Crippen LogP contribution is -2.36. The third-order valence-electron chi connectivity index (χ3n) is 5.42. The summed E-state index contributed by atoms with van der Waals surface area (Å²) in [5, 5.41) is 3.00. The lowest BCUT2D eigenvalue weighted by Gasteiger charge is -2.19. The van der Waals surface area contributed by atoms with E-state index in [1.807, 2.05) is 43.3 Å². The van der Waals surface area contributed by atoms with E-state index in [0.717, 1.165) is 17.7 Å². The van der Waals surface area contributed by atoms with Crippen LogP contribution in [0.2, 0.25) is 0 Å². The van der Waals surface area contributed by atoms with Crippen LogP contribution >= 0.6 is 0 Å². The number of rotatable bonds is 7. The second kappa shape index (κ2) is 8.37. The van der Waals surface area contributed by atoms with E-state index in [9.17, 15) is 14.4 Å². The SMILES string of the molecule is CC[C@H](NC(=O)CCN1C(=O)[C@H]2CC=CC[C@H]2C1=O)c1ccc(OC)cc1. The number of carbonyl (C=O) groups is 3. The van der Waals surface area contributed by atoms with Crippen molar-refractivity contribution in [3.05, 3.63) is 42.0 Å². The fourth-order valence-electron chi connectivity index (χ4n) is 3.83. The molecular formula is C21H26N2O4. The summed E-state index contributed by atoms with van der Waals surface area (Å²) in [7, 11) is 1.61. The van der Waals surface area contributed by atoms with E-state index >= 15 is 0 Å². The Morgan fingerprint density at radius 3 is 2.26 bits per heavy atom. The van der Waals surface area contributed by atoms with E-state index in [0.29, 0.717) is 12.8 Å². The molecule has 6 heteroatoms. The highest BCUT2D eigenvalue weighted by Crippen LogP contribution is 2.35. The van der Waals surface area contributed by atoms with Gasteiger partial charge in [-0.25, -0.2) is 0 Å². The van der Waals surface area contributed by atoms with Gasteiger partial charge >= 0.3 is 0 Å². The molecule has 3 atom stereocenters. The molecule has 1 fully saturated rings. The molecule has 1 aromatic carbocycles. The fraction of sp³-hybridized carbons (Fsp3) is 0.476. The van der Waals surface area contributed by atoms with Gasteiger partial charge in [0.2, 0.25) is 17.7 Å². The molecule has 1 N–H and O–H groups in total. The average molecular weight is 370 g/mol. The molecule has 3 amide bonds. The number of likely N-dealkylation sites (tertiary alicyclic amines) is 1. The first kappa shape index (κ1) is 19.1. The fourth-order valence-corrected chi connectivity index (χ4v) is 3.83. The molecule has 0 unspecified atom stereocenters. The van der Waals surface area contributed by atoms with Crippen molar-refractivity contribution in [3.63, 3.8) is 0 Å². The Balaban J connectivity index is 1.55. The lowest BCUT2D eigenvalue weighted by molar-refractivity contribution is -0.140. The summed E-state index contributed by atoms with van der Waals surface area (Å²) >= 11 is 0. The van der Waals surface area contributed by atoms with Gasteiger partial charge in [-0.2, -0.15) is 0 Å². The maximum absolute atomic E-state index is 12.5. The minimum Gasteiger partial charge on any atom is -0.497 e. The molecule has 1 saturated heterocycles. The topological polar surface area (TPSA) is 75.7 Å². The second-order valence-corrected chi connectivity index (χ2v) is 7.04. The minimum atomic E-state index is -0.242. The first-order valence-electron chi connectivity index (χ1n) is 9.48. The van der Waals surface area contributed by atoms with Crippen molar-refractivity contribution in [2.45, 2.75) is 38.6 Å². The Labute approximate surface area is 159 Å². The molecule has 1 heterocycles. The van der Waals surface area contributed by atoms with Crippen LogP contribution in [0.25, 0.3) is 0 Å². The van der Waals surface area contributed by atoms with Gasteiger partial charge in [0.25, 0.3) is 0 Å². The summed E-state index contributed by atoms with van der Waals surface area (Å²) in [6.07, 6.45) is 6.03. The van der Waals surface area contributed by atoms with Crippen molar-refractivity contribution >= 4 is 17.7 Å². The number of nitrogens with zero attached hydrogens (tertiary/aromatic N) is 1. The zero-order chi connectivity index (χ0) is 19.4. The predicted octanol–water partition coefficient (Wildman–Crippen LogP) is 2.60. The van der Waals surface area contributed by atoms with Crippen molar-refractivity contribution < 1.29 is 19.1 Å². The number of nitrogens with one attached hydrogen (secondary N) is 1. The molecule has 0 spiro atoms. The Morgan fingerprint density at radius 1 is 1.15 bits per heavy atom. The smallest absolute Gasteiger partial charge is 0.233 e. The van der Waals surface area contributed by atoms with Crippen molar-refractivity contribution in [1.82, 2.24) is 10.2 Å². The molecule has 27 heavy (non-hydrogen) atoms. The van der Waals surface area contributed by atoms with Gasteiger partial charge < -0.3 is 10.1 Å². The number of hydrogen-bond donors (Lipinski definition) is 1. The van der Waals surface area contributed by atoms with Gasteiger partial charge in [-0.15, -0.1) is 0 Å². The molecule has 2 aliphatic rings. The van der Waals surface area contributed by atoms with Crippen molar-refractivity contribution in [2.75, 3.05) is 13.7 Å². The predicted molar refractivity (Wildman–Crippen MR) is 101 cm³/mol. The Morgan fingerprint density at radius 2 is 1.74 bits per heavy atom. The van der Waals surface area contributed by atoms with Gasteiger partial charge in [0, 0.05) is 13.0 Å². The molecule has 1 aliphatic heterocycles. The largest absolute Gasteiger partial charge is 0.497 e. The van der Waals surface area contributed by atoms with Crippen LogP contribution in [-0.4, -0.2) is 36.3 Å². The molecule has 3 rings (SSSR count). The van der Waals surface area contributed by atoms with Crippen LogP contribution in [-0.2, 0) is 14.4 Å². The summed E-state index contributed by atoms with van der Waals surface area (Å²) < 4.78 is 5.16. The van der Waals surface area contributed by atoms with Crippen LogP contribution in [0.1, 0.15) is 44.2 Å². The maximum Gasteiger partial charge on any atom is 0.233 e. The van der Waals surface area contributed by atoms with E-state index in [2.05, 4.69) is 5.32 Å². The van der Waals surface area contributed by atoms with Gasteiger partial charge in [0.15, 0.2) is 0 Å². The van der Waals surface area contributed by atoms with E-state index in [1.54, 1.807) is 7.11 Å². The van der Waals surface area contributed by atoms with Crippen LogP contribution in [0.5, 0.6) is 5.75 Å². The second-order valence-electron chi connectivity index (χ2n) is 7.04. The van der Waals surface area contributed by atoms with Crippen LogP contribution in [0.4, 0.5) is 0 Å². The zero-order valence-electron chi connectivity index (χ0n) is 15.8. The van der Waals surface area contributed by atoms with Crippen LogP contribution < -0.4 is 10.1 Å². The van der Waals surface area contributed by atoms with Crippen LogP contribution in [0, 0.1) is 11.8 Å². The monoisotopic (exact) mass is 370 g/mol. The summed E-state index contributed by atoms with van der Waals surface area (Å²) in [5.74, 6) is -0.150. The number of ether oxygens (including phenoxy) is 1. The number of amides is 3. The first-order chi connectivity index (χ1) is 13.0. The van der Waals surface area contributed by atoms with Gasteiger partial charge in [0.05, 0.1) is 25.0 Å². The molecule has 1 aromatic rings.